The molecular weight excluding hydrogens is 576 g/mol. The standard InChI is InChI=1S/C40H56O6/c1-24-17-20-40(35(44)45-8)22-21-38(6)28(33(40)25(24)2)14-15-31-37(5)23-29(42)34(36(3,4)30(37)18-19-39(31,38)7)46-32(43)16-11-26-9-12-27(41)13-10-26/h9-14,16,24-25,29-31,33-34,41-42H,15,17-23H2,1-8H3/b16-11+/t24-,25+,29-,30+,31-,33+,34+,37+,38-,39-,40+/m1/s1. The lowest BCUT2D eigenvalue weighted by Gasteiger charge is -2.71. The van der Waals surface area contributed by atoms with Crippen LogP contribution in [-0.2, 0) is 19.1 Å². The zero-order chi connectivity index (χ0) is 33.4. The number of ether oxygens (including phenoxy) is 2. The predicted molar refractivity (Wildman–Crippen MR) is 179 cm³/mol. The maximum absolute atomic E-state index is 13.6. The van der Waals surface area contributed by atoms with Crippen LogP contribution in [0.3, 0.4) is 0 Å². The highest BCUT2D eigenvalue weighted by molar-refractivity contribution is 5.87. The molecule has 0 amide bonds. The fourth-order valence-electron chi connectivity index (χ4n) is 12.3. The summed E-state index contributed by atoms with van der Waals surface area (Å²) in [4.78, 5) is 26.6. The van der Waals surface area contributed by atoms with E-state index < -0.39 is 29.0 Å². The van der Waals surface area contributed by atoms with Crippen LogP contribution in [0.25, 0.3) is 6.08 Å². The number of hydrogen-bond donors (Lipinski definition) is 2. The van der Waals surface area contributed by atoms with Crippen molar-refractivity contribution in [3.63, 3.8) is 0 Å². The van der Waals surface area contributed by atoms with E-state index in [0.717, 1.165) is 50.5 Å². The SMILES string of the molecule is COC(=O)[C@]12CC[C@@H](C)[C@H](C)[C@H]1C1=CC[C@@H]3[C@@]4(C)C[C@@H](O)[C@H](OC(=O)/C=C/c5ccc(O)cc5)C(C)(C)[C@@H]4CC[C@@]3(C)[C@]1(C)CC2. The van der Waals surface area contributed by atoms with E-state index in [1.54, 1.807) is 37.5 Å². The molecule has 0 unspecified atom stereocenters. The van der Waals surface area contributed by atoms with Gasteiger partial charge < -0.3 is 19.7 Å². The Morgan fingerprint density at radius 2 is 1.63 bits per heavy atom. The van der Waals surface area contributed by atoms with Gasteiger partial charge in [-0.25, -0.2) is 4.79 Å². The zero-order valence-corrected chi connectivity index (χ0v) is 29.3. The Hall–Kier alpha value is -2.60. The van der Waals surface area contributed by atoms with Crippen molar-refractivity contribution in [3.05, 3.63) is 47.6 Å². The van der Waals surface area contributed by atoms with Crippen molar-refractivity contribution in [2.45, 2.75) is 112 Å². The average Bonchev–Trinajstić information content (AvgIpc) is 3.00. The fraction of sp³-hybridized carbons (Fsp3) is 0.700. The van der Waals surface area contributed by atoms with Crippen LogP contribution in [0.15, 0.2) is 42.0 Å². The number of aromatic hydroxyl groups is 1. The largest absolute Gasteiger partial charge is 0.508 e. The average molecular weight is 633 g/mol. The molecule has 4 fully saturated rings. The molecule has 0 aliphatic heterocycles. The number of aliphatic hydroxyl groups excluding tert-OH is 1. The summed E-state index contributed by atoms with van der Waals surface area (Å²) in [7, 11) is 1.56. The highest BCUT2D eigenvalue weighted by atomic mass is 16.6. The summed E-state index contributed by atoms with van der Waals surface area (Å²) in [6.07, 6.45) is 11.8. The monoisotopic (exact) mass is 632 g/mol. The van der Waals surface area contributed by atoms with E-state index in [1.165, 1.54) is 11.6 Å². The lowest BCUT2D eigenvalue weighted by molar-refractivity contribution is -0.238. The van der Waals surface area contributed by atoms with E-state index in [9.17, 15) is 19.8 Å². The number of methoxy groups -OCH3 is 1. The predicted octanol–water partition coefficient (Wildman–Crippen LogP) is 8.12. The van der Waals surface area contributed by atoms with Gasteiger partial charge in [-0.2, -0.15) is 0 Å². The molecule has 6 rings (SSSR count). The number of carbonyl (C=O) groups is 2. The molecule has 1 aromatic carbocycles. The fourth-order valence-corrected chi connectivity index (χ4v) is 12.3. The Kier molecular flexibility index (Phi) is 8.14. The number of fused-ring (bicyclic) bond motifs is 7. The maximum Gasteiger partial charge on any atom is 0.331 e. The number of allylic oxidation sites excluding steroid dienone is 2. The summed E-state index contributed by atoms with van der Waals surface area (Å²) >= 11 is 0. The van der Waals surface area contributed by atoms with Crippen molar-refractivity contribution in [1.82, 2.24) is 0 Å². The second kappa shape index (κ2) is 11.2. The number of benzene rings is 1. The van der Waals surface area contributed by atoms with Crippen molar-refractivity contribution in [3.8, 4) is 5.75 Å². The topological polar surface area (TPSA) is 93.1 Å². The minimum absolute atomic E-state index is 0.0159. The minimum Gasteiger partial charge on any atom is -0.508 e. The number of hydrogen-bond acceptors (Lipinski definition) is 6. The molecule has 6 heteroatoms. The first-order valence-electron chi connectivity index (χ1n) is 17.7. The molecule has 0 radical (unpaired) electrons. The lowest BCUT2D eigenvalue weighted by atomic mass is 9.33. The number of rotatable bonds is 4. The quantitative estimate of drug-likeness (QED) is 0.198. The van der Waals surface area contributed by atoms with E-state index in [4.69, 9.17) is 9.47 Å². The van der Waals surface area contributed by atoms with Crippen LogP contribution in [0.4, 0.5) is 0 Å². The second-order valence-corrected chi connectivity index (χ2v) is 17.2. The molecule has 5 aliphatic rings. The Bertz CT molecular complexity index is 1430. The van der Waals surface area contributed by atoms with Gasteiger partial charge in [-0.3, -0.25) is 4.79 Å². The molecule has 2 N–H and O–H groups in total. The lowest BCUT2D eigenvalue weighted by Crippen LogP contribution is -2.67. The molecule has 5 aliphatic carbocycles. The van der Waals surface area contributed by atoms with Crippen LogP contribution in [0.1, 0.15) is 105 Å². The molecule has 46 heavy (non-hydrogen) atoms. The zero-order valence-electron chi connectivity index (χ0n) is 29.3. The Labute approximate surface area is 276 Å². The number of carbonyl (C=O) groups excluding carboxylic acids is 2. The second-order valence-electron chi connectivity index (χ2n) is 17.2. The smallest absolute Gasteiger partial charge is 0.331 e. The highest BCUT2D eigenvalue weighted by Gasteiger charge is 2.70. The molecule has 0 spiro atoms. The molecule has 4 saturated carbocycles. The number of phenols is 1. The summed E-state index contributed by atoms with van der Waals surface area (Å²) in [6.45, 7) is 16.5. The van der Waals surface area contributed by atoms with Gasteiger partial charge in [-0.05, 0) is 121 Å². The Morgan fingerprint density at radius 1 is 0.935 bits per heavy atom. The van der Waals surface area contributed by atoms with Crippen molar-refractivity contribution >= 4 is 18.0 Å². The molecular formula is C40H56O6. The highest BCUT2D eigenvalue weighted by Crippen LogP contribution is 2.76. The van der Waals surface area contributed by atoms with Crippen LogP contribution in [0.5, 0.6) is 5.75 Å². The summed E-state index contributed by atoms with van der Waals surface area (Å²) < 4.78 is 11.6. The van der Waals surface area contributed by atoms with E-state index in [2.05, 4.69) is 54.5 Å². The van der Waals surface area contributed by atoms with Gasteiger partial charge in [0, 0.05) is 11.5 Å². The van der Waals surface area contributed by atoms with Gasteiger partial charge >= 0.3 is 11.9 Å². The first kappa shape index (κ1) is 33.3. The summed E-state index contributed by atoms with van der Waals surface area (Å²) in [6, 6.07) is 6.65. The molecule has 252 valence electrons. The number of aliphatic hydroxyl groups is 1. The van der Waals surface area contributed by atoms with E-state index >= 15 is 0 Å². The van der Waals surface area contributed by atoms with Crippen LogP contribution in [-0.4, -0.2) is 41.5 Å². The first-order chi connectivity index (χ1) is 21.5. The van der Waals surface area contributed by atoms with Gasteiger partial charge in [0.15, 0.2) is 0 Å². The maximum atomic E-state index is 13.6. The number of phenolic OH excluding ortho intramolecular Hbond substituents is 1. The third-order valence-corrected chi connectivity index (χ3v) is 15.0. The normalized spacial score (nSPS) is 44.5. The van der Waals surface area contributed by atoms with Crippen LogP contribution < -0.4 is 0 Å². The third kappa shape index (κ3) is 4.66. The Balaban J connectivity index is 1.30. The van der Waals surface area contributed by atoms with Gasteiger partial charge in [-0.15, -0.1) is 0 Å². The van der Waals surface area contributed by atoms with Gasteiger partial charge in [0.25, 0.3) is 0 Å². The van der Waals surface area contributed by atoms with E-state index in [-0.39, 0.29) is 39.8 Å². The molecule has 1 aromatic rings. The van der Waals surface area contributed by atoms with Gasteiger partial charge in [0.1, 0.15) is 11.9 Å². The van der Waals surface area contributed by atoms with Crippen molar-refractivity contribution in [2.24, 2.45) is 56.7 Å². The summed E-state index contributed by atoms with van der Waals surface area (Å²) in [5.41, 5.74) is 1.32. The van der Waals surface area contributed by atoms with Crippen LogP contribution in [0.2, 0.25) is 0 Å². The number of esters is 2. The third-order valence-electron chi connectivity index (χ3n) is 15.0. The van der Waals surface area contributed by atoms with Crippen molar-refractivity contribution in [2.75, 3.05) is 7.11 Å². The summed E-state index contributed by atoms with van der Waals surface area (Å²) in [5.74, 6) is 1.54. The summed E-state index contributed by atoms with van der Waals surface area (Å²) in [5, 5.41) is 21.3. The van der Waals surface area contributed by atoms with E-state index in [1.807, 2.05) is 0 Å². The van der Waals surface area contributed by atoms with Crippen molar-refractivity contribution < 1.29 is 29.3 Å². The Morgan fingerprint density at radius 3 is 2.30 bits per heavy atom. The molecule has 0 saturated heterocycles. The van der Waals surface area contributed by atoms with Gasteiger partial charge in [-0.1, -0.05) is 72.2 Å². The van der Waals surface area contributed by atoms with E-state index in [0.29, 0.717) is 24.2 Å². The molecule has 6 nitrogen and oxygen atoms in total. The minimum atomic E-state index is -0.764. The molecule has 0 bridgehead atoms. The molecule has 11 atom stereocenters. The van der Waals surface area contributed by atoms with Crippen LogP contribution in [0, 0.1) is 56.7 Å². The van der Waals surface area contributed by atoms with Gasteiger partial charge in [0.2, 0.25) is 0 Å². The first-order valence-corrected chi connectivity index (χ1v) is 17.7. The van der Waals surface area contributed by atoms with Crippen molar-refractivity contribution in [1.29, 1.82) is 0 Å². The molecule has 0 aromatic heterocycles. The molecule has 0 heterocycles. The van der Waals surface area contributed by atoms with Gasteiger partial charge in [0.05, 0.1) is 18.6 Å². The van der Waals surface area contributed by atoms with Crippen LogP contribution >= 0.6 is 0 Å².